The number of carbonyl (C=O) groups excluding carboxylic acids is 1. The van der Waals surface area contributed by atoms with Gasteiger partial charge >= 0.3 is 0 Å². The minimum atomic E-state index is -0.278. The van der Waals surface area contributed by atoms with Gasteiger partial charge in [-0.15, -0.1) is 0 Å². The van der Waals surface area contributed by atoms with Crippen molar-refractivity contribution in [3.63, 3.8) is 0 Å². The van der Waals surface area contributed by atoms with Gasteiger partial charge in [0.15, 0.2) is 0 Å². The Balaban J connectivity index is 1.33. The summed E-state index contributed by atoms with van der Waals surface area (Å²) < 4.78 is 0. The molecule has 2 aromatic rings. The van der Waals surface area contributed by atoms with Crippen molar-refractivity contribution in [2.75, 3.05) is 44.2 Å². The molecular weight excluding hydrogens is 395 g/mol. The van der Waals surface area contributed by atoms with Gasteiger partial charge in [-0.2, -0.15) is 0 Å². The largest absolute Gasteiger partial charge is 0.369 e. The zero-order valence-electron chi connectivity index (χ0n) is 16.1. The first-order chi connectivity index (χ1) is 13.5. The summed E-state index contributed by atoms with van der Waals surface area (Å²) in [5.74, 6) is -0.278. The fourth-order valence-corrected chi connectivity index (χ4v) is 3.72. The first-order valence-electron chi connectivity index (χ1n) is 9.67. The van der Waals surface area contributed by atoms with Crippen LogP contribution in [0.15, 0.2) is 36.4 Å². The number of nitrogens with zero attached hydrogens (tertiary/aromatic N) is 3. The summed E-state index contributed by atoms with van der Waals surface area (Å²) in [7, 11) is 0. The van der Waals surface area contributed by atoms with E-state index in [1.807, 2.05) is 0 Å². The van der Waals surface area contributed by atoms with Gasteiger partial charge in [-0.1, -0.05) is 35.3 Å². The lowest BCUT2D eigenvalue weighted by Crippen LogP contribution is -2.46. The quantitative estimate of drug-likeness (QED) is 0.542. The van der Waals surface area contributed by atoms with Crippen molar-refractivity contribution >= 4 is 34.8 Å². The Labute approximate surface area is 176 Å². The number of halogens is 2. The molecule has 0 saturated carbocycles. The first kappa shape index (κ1) is 20.9. The maximum absolute atomic E-state index is 12.1. The number of amides is 1. The molecule has 0 unspecified atom stereocenters. The number of benzene rings is 1. The Morgan fingerprint density at radius 2 is 1.89 bits per heavy atom. The average molecular weight is 421 g/mol. The summed E-state index contributed by atoms with van der Waals surface area (Å²) in [6.07, 6.45) is 1.96. The van der Waals surface area contributed by atoms with Crippen LogP contribution in [-0.4, -0.2) is 55.1 Å². The van der Waals surface area contributed by atoms with Gasteiger partial charge in [-0.05, 0) is 56.1 Å². The maximum Gasteiger partial charge on any atom is 0.271 e. The number of hydrogen-bond acceptors (Lipinski definition) is 4. The average Bonchev–Trinajstić information content (AvgIpc) is 2.70. The van der Waals surface area contributed by atoms with Crippen molar-refractivity contribution < 1.29 is 4.79 Å². The molecule has 1 aliphatic heterocycles. The van der Waals surface area contributed by atoms with Crippen LogP contribution >= 0.6 is 23.2 Å². The number of anilines is 1. The summed E-state index contributed by atoms with van der Waals surface area (Å²) in [4.78, 5) is 21.1. The van der Waals surface area contributed by atoms with Crippen LogP contribution in [-0.2, 0) is 0 Å². The van der Waals surface area contributed by atoms with Crippen LogP contribution in [0, 0.1) is 6.92 Å². The van der Waals surface area contributed by atoms with Gasteiger partial charge in [0.25, 0.3) is 5.91 Å². The van der Waals surface area contributed by atoms with E-state index >= 15 is 0 Å². The molecule has 0 bridgehead atoms. The molecule has 1 aromatic carbocycles. The van der Waals surface area contributed by atoms with Gasteiger partial charge < -0.3 is 10.2 Å². The number of unbranched alkanes of at least 4 members (excludes halogenated alkanes) is 1. The maximum atomic E-state index is 12.1. The molecule has 0 aliphatic carbocycles. The van der Waals surface area contributed by atoms with E-state index in [2.05, 4.69) is 51.3 Å². The lowest BCUT2D eigenvalue weighted by atomic mass is 10.2. The van der Waals surface area contributed by atoms with E-state index in [9.17, 15) is 4.79 Å². The summed E-state index contributed by atoms with van der Waals surface area (Å²) >= 11 is 11.8. The molecule has 7 heteroatoms. The van der Waals surface area contributed by atoms with Crippen LogP contribution in [0.1, 0.15) is 28.9 Å². The van der Waals surface area contributed by atoms with Crippen LogP contribution < -0.4 is 10.2 Å². The highest BCUT2D eigenvalue weighted by Gasteiger charge is 2.17. The fraction of sp³-hybridized carbons (Fsp3) is 0.429. The molecule has 28 heavy (non-hydrogen) atoms. The highest BCUT2D eigenvalue weighted by Crippen LogP contribution is 2.18. The number of aromatic nitrogens is 1. The molecule has 1 fully saturated rings. The van der Waals surface area contributed by atoms with Crippen LogP contribution in [0.3, 0.4) is 0 Å². The number of rotatable bonds is 7. The van der Waals surface area contributed by atoms with Crippen molar-refractivity contribution in [3.8, 4) is 0 Å². The Kier molecular flexibility index (Phi) is 7.54. The van der Waals surface area contributed by atoms with Crippen LogP contribution in [0.4, 0.5) is 5.69 Å². The summed E-state index contributed by atoms with van der Waals surface area (Å²) in [5, 5.41) is 3.44. The molecule has 0 radical (unpaired) electrons. The predicted octanol–water partition coefficient (Wildman–Crippen LogP) is 4.03. The summed E-state index contributed by atoms with van der Waals surface area (Å²) in [6, 6.07) is 11.8. The third-order valence-electron chi connectivity index (χ3n) is 4.95. The third-order valence-corrected chi connectivity index (χ3v) is 5.47. The molecule has 1 amide bonds. The molecule has 0 atom stereocenters. The second kappa shape index (κ2) is 10.1. The molecule has 3 rings (SSSR count). The topological polar surface area (TPSA) is 48.5 Å². The lowest BCUT2D eigenvalue weighted by molar-refractivity contribution is 0.0947. The molecule has 2 heterocycles. The molecule has 1 aliphatic rings. The zero-order chi connectivity index (χ0) is 19.9. The van der Waals surface area contributed by atoms with Crippen molar-refractivity contribution in [3.05, 3.63) is 57.8 Å². The van der Waals surface area contributed by atoms with E-state index in [-0.39, 0.29) is 16.8 Å². The number of aryl methyl sites for hydroxylation is 1. The number of nitrogens with one attached hydrogen (secondary N) is 1. The van der Waals surface area contributed by atoms with E-state index in [0.717, 1.165) is 45.6 Å². The normalized spacial score (nSPS) is 14.9. The number of carbonyl (C=O) groups is 1. The van der Waals surface area contributed by atoms with Gasteiger partial charge in [0.2, 0.25) is 0 Å². The summed E-state index contributed by atoms with van der Waals surface area (Å²) in [6.45, 7) is 8.04. The molecule has 1 aromatic heterocycles. The van der Waals surface area contributed by atoms with Gasteiger partial charge in [-0.25, -0.2) is 4.98 Å². The zero-order valence-corrected chi connectivity index (χ0v) is 17.6. The number of pyridine rings is 1. The highest BCUT2D eigenvalue weighted by atomic mass is 35.5. The van der Waals surface area contributed by atoms with Gasteiger partial charge in [-0.3, -0.25) is 9.69 Å². The highest BCUT2D eigenvalue weighted by molar-refractivity contribution is 6.34. The van der Waals surface area contributed by atoms with E-state index in [0.29, 0.717) is 11.6 Å². The molecule has 0 spiro atoms. The Morgan fingerprint density at radius 1 is 1.11 bits per heavy atom. The SMILES string of the molecule is Cc1cccc(N2CCN(CCCCNC(=O)c3nc(Cl)ccc3Cl)CC2)c1. The van der Waals surface area contributed by atoms with E-state index in [4.69, 9.17) is 23.2 Å². The first-order valence-corrected chi connectivity index (χ1v) is 10.4. The van der Waals surface area contributed by atoms with Crippen molar-refractivity contribution in [1.29, 1.82) is 0 Å². The fourth-order valence-electron chi connectivity index (χ4n) is 3.38. The van der Waals surface area contributed by atoms with Gasteiger partial charge in [0.1, 0.15) is 10.8 Å². The summed E-state index contributed by atoms with van der Waals surface area (Å²) in [5.41, 5.74) is 2.80. The molecule has 5 nitrogen and oxygen atoms in total. The Bertz CT molecular complexity index is 807. The van der Waals surface area contributed by atoms with Gasteiger partial charge in [0.05, 0.1) is 5.02 Å². The van der Waals surface area contributed by atoms with Gasteiger partial charge in [0, 0.05) is 38.4 Å². The second-order valence-electron chi connectivity index (χ2n) is 7.10. The van der Waals surface area contributed by atoms with Crippen molar-refractivity contribution in [2.45, 2.75) is 19.8 Å². The molecule has 1 N–H and O–H groups in total. The Morgan fingerprint density at radius 3 is 2.64 bits per heavy atom. The van der Waals surface area contributed by atoms with E-state index in [1.54, 1.807) is 12.1 Å². The van der Waals surface area contributed by atoms with Crippen molar-refractivity contribution in [1.82, 2.24) is 15.2 Å². The third kappa shape index (κ3) is 5.84. The Hall–Kier alpha value is -1.82. The monoisotopic (exact) mass is 420 g/mol. The second-order valence-corrected chi connectivity index (χ2v) is 7.89. The van der Waals surface area contributed by atoms with E-state index in [1.165, 1.54) is 11.3 Å². The van der Waals surface area contributed by atoms with Crippen LogP contribution in [0.2, 0.25) is 10.2 Å². The molecule has 150 valence electrons. The standard InChI is InChI=1S/C21H26Cl2N4O/c1-16-5-4-6-17(15-16)27-13-11-26(12-14-27)10-3-2-9-24-21(28)20-18(22)7-8-19(23)25-20/h4-8,15H,2-3,9-14H2,1H3,(H,24,28). The van der Waals surface area contributed by atoms with E-state index < -0.39 is 0 Å². The minimum absolute atomic E-state index is 0.182. The van der Waals surface area contributed by atoms with Crippen LogP contribution in [0.25, 0.3) is 0 Å². The minimum Gasteiger partial charge on any atom is -0.369 e. The predicted molar refractivity (Wildman–Crippen MR) is 116 cm³/mol. The number of hydrogen-bond donors (Lipinski definition) is 1. The lowest BCUT2D eigenvalue weighted by Gasteiger charge is -2.36. The smallest absolute Gasteiger partial charge is 0.271 e. The number of piperazine rings is 1. The van der Waals surface area contributed by atoms with Crippen LogP contribution in [0.5, 0.6) is 0 Å². The molecule has 1 saturated heterocycles. The van der Waals surface area contributed by atoms with Crippen molar-refractivity contribution in [2.24, 2.45) is 0 Å². The molecular formula is C21H26Cl2N4O.